The quantitative estimate of drug-likeness (QED) is 0.456. The summed E-state index contributed by atoms with van der Waals surface area (Å²) >= 11 is 0. The van der Waals surface area contributed by atoms with Gasteiger partial charge in [-0.05, 0) is 12.8 Å². The molecule has 0 aromatic carbocycles. The van der Waals surface area contributed by atoms with E-state index in [4.69, 9.17) is 9.84 Å². The molecule has 13 heavy (non-hydrogen) atoms. The van der Waals surface area contributed by atoms with Gasteiger partial charge in [-0.2, -0.15) is 0 Å². The van der Waals surface area contributed by atoms with Gasteiger partial charge in [0.05, 0.1) is 6.61 Å². The van der Waals surface area contributed by atoms with E-state index < -0.39 is 0 Å². The molecule has 1 N–H and O–H groups in total. The van der Waals surface area contributed by atoms with E-state index in [1.165, 1.54) is 25.0 Å². The standard InChI is InChI=1S/C9H20O2S2/c1-11-7-9-13-12-8-5-3-2-4-6-10/h10H,2-9H2,1H3. The molecule has 0 rings (SSSR count). The van der Waals surface area contributed by atoms with Crippen LogP contribution in [0.25, 0.3) is 0 Å². The molecule has 0 saturated heterocycles. The molecule has 0 spiro atoms. The van der Waals surface area contributed by atoms with Crippen molar-refractivity contribution in [2.45, 2.75) is 25.7 Å². The van der Waals surface area contributed by atoms with Gasteiger partial charge in [-0.15, -0.1) is 0 Å². The first-order valence-electron chi connectivity index (χ1n) is 4.76. The first kappa shape index (κ1) is 13.6. The third-order valence-corrected chi connectivity index (χ3v) is 4.05. The molecule has 0 fully saturated rings. The summed E-state index contributed by atoms with van der Waals surface area (Å²) in [6, 6.07) is 0. The van der Waals surface area contributed by atoms with Crippen molar-refractivity contribution in [3.63, 3.8) is 0 Å². The van der Waals surface area contributed by atoms with Gasteiger partial charge in [0.25, 0.3) is 0 Å². The van der Waals surface area contributed by atoms with Crippen molar-refractivity contribution in [2.24, 2.45) is 0 Å². The Bertz CT molecular complexity index is 81.7. The minimum Gasteiger partial charge on any atom is -0.396 e. The van der Waals surface area contributed by atoms with E-state index >= 15 is 0 Å². The van der Waals surface area contributed by atoms with Crippen LogP contribution in [0.2, 0.25) is 0 Å². The molecule has 80 valence electrons. The fraction of sp³-hybridized carbons (Fsp3) is 1.00. The Morgan fingerprint density at radius 3 is 2.38 bits per heavy atom. The summed E-state index contributed by atoms with van der Waals surface area (Å²) in [6.07, 6.45) is 4.64. The molecule has 0 radical (unpaired) electrons. The lowest BCUT2D eigenvalue weighted by atomic mass is 10.2. The SMILES string of the molecule is COCCSSCCCCCCO. The highest BCUT2D eigenvalue weighted by atomic mass is 33.1. The van der Waals surface area contributed by atoms with Crippen molar-refractivity contribution in [3.05, 3.63) is 0 Å². The van der Waals surface area contributed by atoms with Crippen LogP contribution in [0.5, 0.6) is 0 Å². The molecule has 0 aliphatic heterocycles. The Hall–Kier alpha value is 0.620. The highest BCUT2D eigenvalue weighted by Gasteiger charge is 1.91. The van der Waals surface area contributed by atoms with Crippen molar-refractivity contribution in [2.75, 3.05) is 31.8 Å². The second kappa shape index (κ2) is 12.6. The van der Waals surface area contributed by atoms with Gasteiger partial charge in [0, 0.05) is 25.2 Å². The number of hydrogen-bond donors (Lipinski definition) is 1. The number of ether oxygens (including phenoxy) is 1. The van der Waals surface area contributed by atoms with Crippen LogP contribution < -0.4 is 0 Å². The second-order valence-electron chi connectivity index (χ2n) is 2.77. The summed E-state index contributed by atoms with van der Waals surface area (Å²) in [6.45, 7) is 1.19. The number of hydrogen-bond acceptors (Lipinski definition) is 4. The maximum atomic E-state index is 8.54. The smallest absolute Gasteiger partial charge is 0.0561 e. The number of methoxy groups -OCH3 is 1. The van der Waals surface area contributed by atoms with Crippen molar-refractivity contribution in [3.8, 4) is 0 Å². The van der Waals surface area contributed by atoms with Crippen LogP contribution in [0.15, 0.2) is 0 Å². The predicted molar refractivity (Wildman–Crippen MR) is 62.3 cm³/mol. The van der Waals surface area contributed by atoms with Gasteiger partial charge in [-0.25, -0.2) is 0 Å². The van der Waals surface area contributed by atoms with E-state index in [0.29, 0.717) is 6.61 Å². The first-order valence-corrected chi connectivity index (χ1v) is 7.25. The van der Waals surface area contributed by atoms with Crippen LogP contribution in [-0.4, -0.2) is 36.9 Å². The molecule has 0 amide bonds. The average Bonchev–Trinajstić information content (AvgIpc) is 2.16. The highest BCUT2D eigenvalue weighted by Crippen LogP contribution is 2.22. The molecule has 0 saturated carbocycles. The van der Waals surface area contributed by atoms with Crippen LogP contribution in [0.4, 0.5) is 0 Å². The maximum absolute atomic E-state index is 8.54. The van der Waals surface area contributed by atoms with Crippen molar-refractivity contribution >= 4 is 21.6 Å². The number of rotatable bonds is 10. The molecule has 0 aliphatic rings. The minimum absolute atomic E-state index is 0.343. The summed E-state index contributed by atoms with van der Waals surface area (Å²) < 4.78 is 4.94. The Balaban J connectivity index is 2.76. The van der Waals surface area contributed by atoms with Gasteiger partial charge in [0.15, 0.2) is 0 Å². The van der Waals surface area contributed by atoms with Crippen LogP contribution in [0, 0.1) is 0 Å². The molecule has 0 unspecified atom stereocenters. The Morgan fingerprint density at radius 2 is 1.69 bits per heavy atom. The van der Waals surface area contributed by atoms with E-state index in [1.807, 2.05) is 21.6 Å². The zero-order chi connectivity index (χ0) is 9.78. The summed E-state index contributed by atoms with van der Waals surface area (Å²) in [5.74, 6) is 2.30. The topological polar surface area (TPSA) is 29.5 Å². The zero-order valence-corrected chi connectivity index (χ0v) is 9.96. The molecule has 0 aromatic heterocycles. The van der Waals surface area contributed by atoms with Gasteiger partial charge < -0.3 is 9.84 Å². The Morgan fingerprint density at radius 1 is 1.00 bits per heavy atom. The van der Waals surface area contributed by atoms with Gasteiger partial charge in [-0.3, -0.25) is 0 Å². The third-order valence-electron chi connectivity index (χ3n) is 1.59. The van der Waals surface area contributed by atoms with Crippen molar-refractivity contribution in [1.29, 1.82) is 0 Å². The van der Waals surface area contributed by atoms with Gasteiger partial charge >= 0.3 is 0 Å². The lowest BCUT2D eigenvalue weighted by Gasteiger charge is -2.00. The first-order chi connectivity index (χ1) is 6.41. The monoisotopic (exact) mass is 224 g/mol. The minimum atomic E-state index is 0.343. The zero-order valence-electron chi connectivity index (χ0n) is 8.33. The maximum Gasteiger partial charge on any atom is 0.0561 e. The number of aliphatic hydroxyl groups is 1. The molecule has 0 heterocycles. The highest BCUT2D eigenvalue weighted by molar-refractivity contribution is 8.76. The molecule has 0 aromatic rings. The lowest BCUT2D eigenvalue weighted by Crippen LogP contribution is -1.89. The second-order valence-corrected chi connectivity index (χ2v) is 5.48. The molecular formula is C9H20O2S2. The van der Waals surface area contributed by atoms with Crippen LogP contribution in [-0.2, 0) is 4.74 Å². The normalized spacial score (nSPS) is 10.6. The summed E-state index contributed by atoms with van der Waals surface area (Å²) in [5.41, 5.74) is 0. The summed E-state index contributed by atoms with van der Waals surface area (Å²) in [4.78, 5) is 0. The molecule has 4 heteroatoms. The van der Waals surface area contributed by atoms with Crippen LogP contribution >= 0.6 is 21.6 Å². The van der Waals surface area contributed by atoms with Gasteiger partial charge in [0.2, 0.25) is 0 Å². The van der Waals surface area contributed by atoms with E-state index in [1.54, 1.807) is 7.11 Å². The molecule has 0 bridgehead atoms. The van der Waals surface area contributed by atoms with E-state index in [0.717, 1.165) is 18.8 Å². The third kappa shape index (κ3) is 12.6. The average molecular weight is 224 g/mol. The molecule has 2 nitrogen and oxygen atoms in total. The Labute approximate surface area is 89.2 Å². The number of unbranched alkanes of at least 4 members (excludes halogenated alkanes) is 3. The lowest BCUT2D eigenvalue weighted by molar-refractivity contribution is 0.219. The largest absolute Gasteiger partial charge is 0.396 e. The fourth-order valence-electron chi connectivity index (χ4n) is 0.862. The molecule has 0 aliphatic carbocycles. The van der Waals surface area contributed by atoms with Gasteiger partial charge in [0.1, 0.15) is 0 Å². The molecule has 0 atom stereocenters. The number of aliphatic hydroxyl groups excluding tert-OH is 1. The van der Waals surface area contributed by atoms with Crippen LogP contribution in [0.1, 0.15) is 25.7 Å². The van der Waals surface area contributed by atoms with Crippen molar-refractivity contribution in [1.82, 2.24) is 0 Å². The predicted octanol–water partition coefficient (Wildman–Crippen LogP) is 2.57. The Kier molecular flexibility index (Phi) is 13.2. The molecular weight excluding hydrogens is 204 g/mol. The van der Waals surface area contributed by atoms with E-state index in [2.05, 4.69) is 0 Å². The summed E-state index contributed by atoms with van der Waals surface area (Å²) in [7, 11) is 5.55. The fourth-order valence-corrected chi connectivity index (χ4v) is 2.92. The van der Waals surface area contributed by atoms with E-state index in [-0.39, 0.29) is 0 Å². The van der Waals surface area contributed by atoms with Crippen LogP contribution in [0.3, 0.4) is 0 Å². The van der Waals surface area contributed by atoms with Crippen molar-refractivity contribution < 1.29 is 9.84 Å². The van der Waals surface area contributed by atoms with Gasteiger partial charge in [-0.1, -0.05) is 34.4 Å². The van der Waals surface area contributed by atoms with E-state index in [9.17, 15) is 0 Å². The summed E-state index contributed by atoms with van der Waals surface area (Å²) in [5, 5.41) is 8.54.